The van der Waals surface area contributed by atoms with Crippen LogP contribution in [0.4, 0.5) is 20.2 Å². The monoisotopic (exact) mass is 354 g/mol. The Bertz CT molecular complexity index is 792. The van der Waals surface area contributed by atoms with Crippen molar-refractivity contribution in [1.82, 2.24) is 9.78 Å². The van der Waals surface area contributed by atoms with Crippen molar-refractivity contribution < 1.29 is 23.2 Å². The van der Waals surface area contributed by atoms with Crippen molar-refractivity contribution in [2.45, 2.75) is 26.8 Å². The van der Waals surface area contributed by atoms with Crippen molar-refractivity contribution in [2.75, 3.05) is 11.9 Å². The number of nitro groups is 1. The van der Waals surface area contributed by atoms with Crippen molar-refractivity contribution in [1.29, 1.82) is 0 Å². The maximum atomic E-state index is 12.6. The number of anilines is 1. The van der Waals surface area contributed by atoms with Crippen molar-refractivity contribution in [2.24, 2.45) is 0 Å². The lowest BCUT2D eigenvalue weighted by molar-refractivity contribution is -0.384. The molecule has 8 nitrogen and oxygen atoms in total. The summed E-state index contributed by atoms with van der Waals surface area (Å²) in [6.45, 7) is 3.27. The van der Waals surface area contributed by atoms with Gasteiger partial charge in [0.2, 0.25) is 5.91 Å². The van der Waals surface area contributed by atoms with Crippen LogP contribution in [0.2, 0.25) is 0 Å². The molecular formula is C15H16F2N4O4. The Morgan fingerprint density at radius 3 is 2.72 bits per heavy atom. The van der Waals surface area contributed by atoms with Crippen molar-refractivity contribution >= 4 is 17.3 Å². The lowest BCUT2D eigenvalue weighted by atomic mass is 10.2. The summed E-state index contributed by atoms with van der Waals surface area (Å²) in [5.41, 5.74) is -0.397. The highest BCUT2D eigenvalue weighted by Crippen LogP contribution is 2.29. The van der Waals surface area contributed by atoms with Gasteiger partial charge >= 0.3 is 0 Å². The number of ether oxygens (including phenoxy) is 1. The molecule has 0 aliphatic rings. The van der Waals surface area contributed by atoms with Gasteiger partial charge in [-0.25, -0.2) is 8.78 Å². The normalized spacial score (nSPS) is 10.8. The van der Waals surface area contributed by atoms with E-state index in [1.165, 1.54) is 31.2 Å². The molecule has 0 bridgehead atoms. The van der Waals surface area contributed by atoms with Gasteiger partial charge in [-0.1, -0.05) is 0 Å². The zero-order chi connectivity index (χ0) is 18.6. The zero-order valence-electron chi connectivity index (χ0n) is 13.5. The number of nitro benzene ring substituents is 1. The van der Waals surface area contributed by atoms with Crippen LogP contribution in [0.5, 0.6) is 5.75 Å². The van der Waals surface area contributed by atoms with Gasteiger partial charge < -0.3 is 10.1 Å². The summed E-state index contributed by atoms with van der Waals surface area (Å²) in [6.07, 6.45) is -2.74. The number of hydrogen-bond donors (Lipinski definition) is 1. The molecular weight excluding hydrogens is 338 g/mol. The molecule has 1 amide bonds. The number of hydrogen-bond acceptors (Lipinski definition) is 5. The third-order valence-corrected chi connectivity index (χ3v) is 3.27. The van der Waals surface area contributed by atoms with E-state index >= 15 is 0 Å². The molecule has 0 aliphatic carbocycles. The molecule has 134 valence electrons. The molecule has 0 unspecified atom stereocenters. The predicted octanol–water partition coefficient (Wildman–Crippen LogP) is 3.07. The van der Waals surface area contributed by atoms with Crippen molar-refractivity contribution in [3.8, 4) is 5.75 Å². The molecule has 0 spiro atoms. The lowest BCUT2D eigenvalue weighted by Crippen LogP contribution is -2.21. The van der Waals surface area contributed by atoms with Crippen LogP contribution in [0.15, 0.2) is 24.3 Å². The van der Waals surface area contributed by atoms with Crippen LogP contribution < -0.4 is 10.1 Å². The van der Waals surface area contributed by atoms with Gasteiger partial charge in [-0.15, -0.1) is 0 Å². The second-order valence-corrected chi connectivity index (χ2v) is 5.09. The largest absolute Gasteiger partial charge is 0.494 e. The van der Waals surface area contributed by atoms with E-state index in [2.05, 4.69) is 10.4 Å². The summed E-state index contributed by atoms with van der Waals surface area (Å²) in [5, 5.41) is 17.2. The molecule has 1 aromatic carbocycles. The molecule has 1 N–H and O–H groups in total. The fraction of sp³-hybridized carbons (Fsp3) is 0.333. The van der Waals surface area contributed by atoms with E-state index in [0.29, 0.717) is 18.1 Å². The topological polar surface area (TPSA) is 99.3 Å². The molecule has 0 aliphatic heterocycles. The second kappa shape index (κ2) is 7.69. The lowest BCUT2D eigenvalue weighted by Gasteiger charge is -2.09. The Labute approximate surface area is 141 Å². The first-order chi connectivity index (χ1) is 11.8. The van der Waals surface area contributed by atoms with E-state index in [9.17, 15) is 23.7 Å². The number of benzene rings is 1. The predicted molar refractivity (Wildman–Crippen MR) is 84.8 cm³/mol. The number of aryl methyl sites for hydroxylation is 1. The Balaban J connectivity index is 2.16. The van der Waals surface area contributed by atoms with Crippen molar-refractivity contribution in [3.63, 3.8) is 0 Å². The minimum absolute atomic E-state index is 0.0163. The number of rotatable bonds is 7. The van der Waals surface area contributed by atoms with Crippen LogP contribution in [0, 0.1) is 17.0 Å². The highest BCUT2D eigenvalue weighted by atomic mass is 19.3. The van der Waals surface area contributed by atoms with Gasteiger partial charge in [0.25, 0.3) is 12.1 Å². The minimum atomic E-state index is -2.74. The van der Waals surface area contributed by atoms with Crippen LogP contribution in [0.3, 0.4) is 0 Å². The molecule has 2 rings (SSSR count). The average molecular weight is 354 g/mol. The van der Waals surface area contributed by atoms with Crippen LogP contribution in [-0.4, -0.2) is 27.2 Å². The number of nitrogens with zero attached hydrogens (tertiary/aromatic N) is 3. The number of carbonyl (C=O) groups excluding carboxylic acids is 1. The summed E-state index contributed by atoms with van der Waals surface area (Å²) < 4.78 is 31.5. The van der Waals surface area contributed by atoms with E-state index in [-0.39, 0.29) is 17.9 Å². The number of alkyl halides is 2. The first-order valence-electron chi connectivity index (χ1n) is 7.35. The summed E-state index contributed by atoms with van der Waals surface area (Å²) in [5.74, 6) is -0.323. The zero-order valence-corrected chi connectivity index (χ0v) is 13.5. The fourth-order valence-electron chi connectivity index (χ4n) is 2.15. The fourth-order valence-corrected chi connectivity index (χ4v) is 2.15. The molecule has 0 atom stereocenters. The van der Waals surface area contributed by atoms with Gasteiger partial charge in [-0.05, 0) is 32.0 Å². The highest BCUT2D eigenvalue weighted by Gasteiger charge is 2.19. The molecule has 0 radical (unpaired) electrons. The second-order valence-electron chi connectivity index (χ2n) is 5.09. The first kappa shape index (κ1) is 18.3. The van der Waals surface area contributed by atoms with Crippen molar-refractivity contribution in [3.05, 3.63) is 45.8 Å². The van der Waals surface area contributed by atoms with E-state index < -0.39 is 22.9 Å². The Morgan fingerprint density at radius 2 is 2.16 bits per heavy atom. The Kier molecular flexibility index (Phi) is 5.63. The number of aromatic nitrogens is 2. The molecule has 0 fully saturated rings. The summed E-state index contributed by atoms with van der Waals surface area (Å²) in [7, 11) is 0. The van der Waals surface area contributed by atoms with Gasteiger partial charge in [0.1, 0.15) is 23.7 Å². The van der Waals surface area contributed by atoms with Crippen LogP contribution in [0.1, 0.15) is 24.7 Å². The van der Waals surface area contributed by atoms with E-state index in [1.807, 2.05) is 0 Å². The van der Waals surface area contributed by atoms with Crippen LogP contribution >= 0.6 is 0 Å². The smallest absolute Gasteiger partial charge is 0.296 e. The maximum Gasteiger partial charge on any atom is 0.296 e. The quantitative estimate of drug-likeness (QED) is 0.608. The van der Waals surface area contributed by atoms with Crippen LogP contribution in [-0.2, 0) is 11.3 Å². The Hall–Kier alpha value is -3.04. The summed E-state index contributed by atoms with van der Waals surface area (Å²) in [4.78, 5) is 22.6. The number of halogens is 2. The molecule has 0 saturated carbocycles. The standard InChI is InChI=1S/C15H16F2N4O4/c1-3-25-10-4-5-11(13(7-10)21(23)24)18-14(22)8-20-9(2)6-12(19-20)15(16)17/h4-7,15H,3,8H2,1-2H3,(H,18,22). The average Bonchev–Trinajstić information content (AvgIpc) is 2.90. The molecule has 25 heavy (non-hydrogen) atoms. The number of carbonyl (C=O) groups is 1. The molecule has 1 aromatic heterocycles. The summed E-state index contributed by atoms with van der Waals surface area (Å²) >= 11 is 0. The van der Waals surface area contributed by atoms with Gasteiger partial charge in [0, 0.05) is 5.69 Å². The van der Waals surface area contributed by atoms with Gasteiger partial charge in [-0.2, -0.15) is 5.10 Å². The summed E-state index contributed by atoms with van der Waals surface area (Å²) in [6, 6.07) is 5.21. The SMILES string of the molecule is CCOc1ccc(NC(=O)Cn2nc(C(F)F)cc2C)c([N+](=O)[O-])c1. The first-order valence-corrected chi connectivity index (χ1v) is 7.35. The molecule has 0 saturated heterocycles. The number of amides is 1. The van der Waals surface area contributed by atoms with Gasteiger partial charge in [-0.3, -0.25) is 19.6 Å². The van der Waals surface area contributed by atoms with Gasteiger partial charge in [0.15, 0.2) is 0 Å². The Morgan fingerprint density at radius 1 is 1.44 bits per heavy atom. The minimum Gasteiger partial charge on any atom is -0.494 e. The molecule has 10 heteroatoms. The third-order valence-electron chi connectivity index (χ3n) is 3.27. The van der Waals surface area contributed by atoms with E-state index in [0.717, 1.165) is 4.68 Å². The number of nitrogens with one attached hydrogen (secondary N) is 1. The third kappa shape index (κ3) is 4.49. The van der Waals surface area contributed by atoms with Crippen LogP contribution in [0.25, 0.3) is 0 Å². The maximum absolute atomic E-state index is 12.6. The van der Waals surface area contributed by atoms with Gasteiger partial charge in [0.05, 0.1) is 17.6 Å². The highest BCUT2D eigenvalue weighted by molar-refractivity contribution is 5.93. The molecule has 2 aromatic rings. The molecule has 1 heterocycles. The van der Waals surface area contributed by atoms with E-state index in [1.54, 1.807) is 6.92 Å². The van der Waals surface area contributed by atoms with E-state index in [4.69, 9.17) is 4.74 Å².